The van der Waals surface area contributed by atoms with Crippen LogP contribution in [0.25, 0.3) is 0 Å². The second-order valence-corrected chi connectivity index (χ2v) is 9.40. The van der Waals surface area contributed by atoms with Crippen molar-refractivity contribution in [2.75, 3.05) is 6.54 Å². The molecule has 0 aliphatic carbocycles. The van der Waals surface area contributed by atoms with E-state index in [1.165, 1.54) is 24.3 Å². The van der Waals surface area contributed by atoms with Gasteiger partial charge in [-0.2, -0.15) is 0 Å². The first-order chi connectivity index (χ1) is 13.4. The SMILES string of the molecule is CC(C)(C)OC(=O)CN=S(=O)(c1cccc(C(F)F)c1)c1cccc(C(F)F)c1. The lowest BCUT2D eigenvalue weighted by Gasteiger charge is -2.19. The first kappa shape index (κ1) is 22.9. The van der Waals surface area contributed by atoms with Crippen molar-refractivity contribution in [3.63, 3.8) is 0 Å². The minimum atomic E-state index is -3.65. The Hall–Kier alpha value is -2.42. The third-order valence-electron chi connectivity index (χ3n) is 3.65. The number of esters is 1. The van der Waals surface area contributed by atoms with Crippen molar-refractivity contribution in [3.8, 4) is 0 Å². The van der Waals surface area contributed by atoms with E-state index < -0.39 is 51.8 Å². The molecule has 2 aromatic rings. The number of hydrogen-bond donors (Lipinski definition) is 0. The third-order valence-corrected chi connectivity index (χ3v) is 5.93. The van der Waals surface area contributed by atoms with E-state index in [2.05, 4.69) is 4.36 Å². The maximum absolute atomic E-state index is 13.7. The predicted molar refractivity (Wildman–Crippen MR) is 101 cm³/mol. The van der Waals surface area contributed by atoms with Gasteiger partial charge in [-0.1, -0.05) is 24.3 Å². The van der Waals surface area contributed by atoms with Gasteiger partial charge in [-0.15, -0.1) is 0 Å². The van der Waals surface area contributed by atoms with E-state index in [0.29, 0.717) is 0 Å². The molecule has 0 unspecified atom stereocenters. The number of benzene rings is 2. The van der Waals surface area contributed by atoms with Gasteiger partial charge in [0.2, 0.25) is 0 Å². The molecule has 0 saturated heterocycles. The molecule has 158 valence electrons. The molecule has 2 aromatic carbocycles. The normalized spacial score (nSPS) is 12.3. The molecule has 0 bridgehead atoms. The lowest BCUT2D eigenvalue weighted by molar-refractivity contribution is -0.152. The minimum absolute atomic E-state index is 0.106. The number of alkyl halides is 4. The summed E-state index contributed by atoms with van der Waals surface area (Å²) in [6, 6.07) is 9.47. The van der Waals surface area contributed by atoms with Crippen molar-refractivity contribution in [1.82, 2.24) is 0 Å². The number of halogens is 4. The quantitative estimate of drug-likeness (QED) is 0.430. The maximum atomic E-state index is 13.7. The van der Waals surface area contributed by atoms with Gasteiger partial charge in [0.1, 0.15) is 21.9 Å². The summed E-state index contributed by atoms with van der Waals surface area (Å²) >= 11 is 0. The molecule has 0 spiro atoms. The Labute approximate surface area is 167 Å². The molecule has 0 atom stereocenters. The van der Waals surface area contributed by atoms with Gasteiger partial charge in [-0.25, -0.2) is 26.1 Å². The number of nitrogens with zero attached hydrogens (tertiary/aromatic N) is 1. The molecule has 4 nitrogen and oxygen atoms in total. The zero-order chi connectivity index (χ0) is 21.8. The van der Waals surface area contributed by atoms with Crippen molar-refractivity contribution in [2.45, 2.75) is 49.0 Å². The second-order valence-electron chi connectivity index (χ2n) is 7.15. The van der Waals surface area contributed by atoms with Crippen LogP contribution in [0.3, 0.4) is 0 Å². The Balaban J connectivity index is 2.61. The molecule has 0 heterocycles. The van der Waals surface area contributed by atoms with Crippen LogP contribution in [-0.2, 0) is 19.3 Å². The molecular weight excluding hydrogens is 410 g/mol. The van der Waals surface area contributed by atoms with E-state index in [1.54, 1.807) is 20.8 Å². The summed E-state index contributed by atoms with van der Waals surface area (Å²) in [5.74, 6) is -0.778. The molecule has 0 amide bonds. The van der Waals surface area contributed by atoms with E-state index >= 15 is 0 Å². The topological polar surface area (TPSA) is 55.7 Å². The Morgan fingerprint density at radius 2 is 1.41 bits per heavy atom. The van der Waals surface area contributed by atoms with Gasteiger partial charge < -0.3 is 4.74 Å². The zero-order valence-corrected chi connectivity index (χ0v) is 16.9. The average Bonchev–Trinajstić information content (AvgIpc) is 2.65. The summed E-state index contributed by atoms with van der Waals surface area (Å²) in [5.41, 5.74) is -1.60. The summed E-state index contributed by atoms with van der Waals surface area (Å²) < 4.78 is 75.3. The number of carbonyl (C=O) groups is 1. The van der Waals surface area contributed by atoms with Crippen LogP contribution in [0, 0.1) is 0 Å². The standard InChI is InChI=1S/C20H21F4NO3S/c1-20(2,3)28-17(26)12-25-29(27,15-8-4-6-13(10-15)18(21)22)16-9-5-7-14(11-16)19(23)24/h4-11,18-19H,12H2,1-3H3. The van der Waals surface area contributed by atoms with Gasteiger partial charge in [0.25, 0.3) is 12.9 Å². The predicted octanol–water partition coefficient (Wildman–Crippen LogP) is 5.79. The van der Waals surface area contributed by atoms with Gasteiger partial charge in [0.15, 0.2) is 0 Å². The molecule has 29 heavy (non-hydrogen) atoms. The monoisotopic (exact) mass is 431 g/mol. The van der Waals surface area contributed by atoms with Gasteiger partial charge >= 0.3 is 5.97 Å². The Kier molecular flexibility index (Phi) is 7.05. The Bertz CT molecular complexity index is 936. The van der Waals surface area contributed by atoms with Crippen LogP contribution < -0.4 is 0 Å². The van der Waals surface area contributed by atoms with E-state index in [0.717, 1.165) is 24.3 Å². The van der Waals surface area contributed by atoms with E-state index in [-0.39, 0.29) is 9.79 Å². The van der Waals surface area contributed by atoms with Crippen molar-refractivity contribution in [3.05, 3.63) is 59.7 Å². The van der Waals surface area contributed by atoms with Crippen LogP contribution >= 0.6 is 0 Å². The van der Waals surface area contributed by atoms with E-state index in [1.807, 2.05) is 0 Å². The maximum Gasteiger partial charge on any atom is 0.329 e. The van der Waals surface area contributed by atoms with Crippen LogP contribution in [-0.4, -0.2) is 22.3 Å². The highest BCUT2D eigenvalue weighted by molar-refractivity contribution is 7.93. The first-order valence-corrected chi connectivity index (χ1v) is 10.1. The fraction of sp³-hybridized carbons (Fsp3) is 0.350. The van der Waals surface area contributed by atoms with E-state index in [9.17, 15) is 26.6 Å². The largest absolute Gasteiger partial charge is 0.459 e. The molecule has 0 aliphatic heterocycles. The highest BCUT2D eigenvalue weighted by atomic mass is 32.2. The van der Waals surface area contributed by atoms with Gasteiger partial charge in [-0.3, -0.25) is 4.79 Å². The number of rotatable bonds is 6. The Morgan fingerprint density at radius 1 is 0.966 bits per heavy atom. The van der Waals surface area contributed by atoms with Crippen molar-refractivity contribution in [2.24, 2.45) is 4.36 Å². The third kappa shape index (κ3) is 6.03. The van der Waals surface area contributed by atoms with Crippen LogP contribution in [0.2, 0.25) is 0 Å². The summed E-state index contributed by atoms with van der Waals surface area (Å²) in [4.78, 5) is 11.8. The summed E-state index contributed by atoms with van der Waals surface area (Å²) in [7, 11) is -3.65. The van der Waals surface area contributed by atoms with Crippen molar-refractivity contribution in [1.29, 1.82) is 0 Å². The second kappa shape index (κ2) is 8.94. The number of ether oxygens (including phenoxy) is 1. The zero-order valence-electron chi connectivity index (χ0n) is 16.1. The van der Waals surface area contributed by atoms with Gasteiger partial charge in [0.05, 0.1) is 9.79 Å². The molecule has 0 saturated carbocycles. The lowest BCUT2D eigenvalue weighted by Crippen LogP contribution is -2.25. The molecule has 0 aliphatic rings. The van der Waals surface area contributed by atoms with Gasteiger partial charge in [0, 0.05) is 11.1 Å². The Morgan fingerprint density at radius 3 is 1.79 bits per heavy atom. The fourth-order valence-electron chi connectivity index (χ4n) is 2.45. The average molecular weight is 431 g/mol. The fourth-order valence-corrected chi connectivity index (χ4v) is 4.42. The molecule has 0 aromatic heterocycles. The van der Waals surface area contributed by atoms with Crippen LogP contribution in [0.1, 0.15) is 44.7 Å². The summed E-state index contributed by atoms with van der Waals surface area (Å²) in [6.45, 7) is 4.29. The van der Waals surface area contributed by atoms with Crippen LogP contribution in [0.15, 0.2) is 62.7 Å². The highest BCUT2D eigenvalue weighted by Crippen LogP contribution is 2.30. The summed E-state index contributed by atoms with van der Waals surface area (Å²) in [5, 5.41) is 0. The van der Waals surface area contributed by atoms with Crippen LogP contribution in [0.5, 0.6) is 0 Å². The van der Waals surface area contributed by atoms with Crippen molar-refractivity contribution < 1.29 is 31.3 Å². The molecule has 2 rings (SSSR count). The van der Waals surface area contributed by atoms with Crippen molar-refractivity contribution >= 4 is 15.7 Å². The van der Waals surface area contributed by atoms with E-state index in [4.69, 9.17) is 4.74 Å². The molecule has 0 radical (unpaired) electrons. The molecular formula is C20H21F4NO3S. The first-order valence-electron chi connectivity index (χ1n) is 8.63. The molecule has 9 heteroatoms. The minimum Gasteiger partial charge on any atom is -0.459 e. The smallest absolute Gasteiger partial charge is 0.329 e. The molecule has 0 fully saturated rings. The number of hydrogen-bond acceptors (Lipinski definition) is 4. The van der Waals surface area contributed by atoms with Gasteiger partial charge in [-0.05, 0) is 45.0 Å². The highest BCUT2D eigenvalue weighted by Gasteiger charge is 2.22. The summed E-state index contributed by atoms with van der Waals surface area (Å²) in [6.07, 6.45) is -5.64. The molecule has 0 N–H and O–H groups in total. The van der Waals surface area contributed by atoms with Crippen LogP contribution in [0.4, 0.5) is 17.6 Å². The number of carbonyl (C=O) groups excluding carboxylic acids is 1. The lowest BCUT2D eigenvalue weighted by atomic mass is 10.2.